The van der Waals surface area contributed by atoms with Gasteiger partial charge in [-0.3, -0.25) is 4.57 Å². The SMILES string of the molecule is CCCCc1nc(Cl)c(OC)n1Cc1ccc(OCc2ccccc2C#N)cc1. The zero-order valence-corrected chi connectivity index (χ0v) is 17.4. The molecule has 1 heterocycles. The standard InChI is InChI=1S/C23H24ClN3O2/c1-3-4-9-21-26-22(24)23(28-2)27(21)15-17-10-12-20(13-11-17)29-16-19-8-6-5-7-18(19)14-25/h5-8,10-13H,3-4,9,15-16H2,1-2H3. The fourth-order valence-electron chi connectivity index (χ4n) is 3.12. The topological polar surface area (TPSA) is 60.1 Å². The van der Waals surface area contributed by atoms with Gasteiger partial charge in [0, 0.05) is 12.0 Å². The summed E-state index contributed by atoms with van der Waals surface area (Å²) in [6.07, 6.45) is 3.00. The number of nitriles is 1. The summed E-state index contributed by atoms with van der Waals surface area (Å²) in [4.78, 5) is 4.46. The Morgan fingerprint density at radius 2 is 1.90 bits per heavy atom. The number of aromatic nitrogens is 2. The van der Waals surface area contributed by atoms with Crippen LogP contribution in [0.4, 0.5) is 0 Å². The van der Waals surface area contributed by atoms with E-state index in [0.29, 0.717) is 29.7 Å². The van der Waals surface area contributed by atoms with Crippen LogP contribution in [-0.2, 0) is 19.6 Å². The van der Waals surface area contributed by atoms with Gasteiger partial charge in [-0.25, -0.2) is 4.98 Å². The first kappa shape index (κ1) is 20.8. The van der Waals surface area contributed by atoms with Crippen molar-refractivity contribution in [2.24, 2.45) is 0 Å². The highest BCUT2D eigenvalue weighted by Gasteiger charge is 2.16. The normalized spacial score (nSPS) is 10.6. The summed E-state index contributed by atoms with van der Waals surface area (Å²) < 4.78 is 13.3. The Labute approximate surface area is 176 Å². The lowest BCUT2D eigenvalue weighted by Crippen LogP contribution is -2.07. The first-order chi connectivity index (χ1) is 14.2. The van der Waals surface area contributed by atoms with Crippen LogP contribution in [0.5, 0.6) is 11.6 Å². The fourth-order valence-corrected chi connectivity index (χ4v) is 3.40. The van der Waals surface area contributed by atoms with Gasteiger partial charge >= 0.3 is 0 Å². The molecule has 0 amide bonds. The van der Waals surface area contributed by atoms with Crippen molar-refractivity contribution in [3.05, 3.63) is 76.2 Å². The Morgan fingerprint density at radius 3 is 2.59 bits per heavy atom. The van der Waals surface area contributed by atoms with Gasteiger partial charge in [0.15, 0.2) is 5.15 Å². The highest BCUT2D eigenvalue weighted by Crippen LogP contribution is 2.27. The number of hydrogen-bond donors (Lipinski definition) is 0. The minimum atomic E-state index is 0.356. The molecule has 0 N–H and O–H groups in total. The van der Waals surface area contributed by atoms with Crippen molar-refractivity contribution < 1.29 is 9.47 Å². The molecule has 2 aromatic carbocycles. The van der Waals surface area contributed by atoms with Crippen molar-refractivity contribution in [1.29, 1.82) is 5.26 Å². The first-order valence-corrected chi connectivity index (χ1v) is 10.0. The van der Waals surface area contributed by atoms with Crippen LogP contribution < -0.4 is 9.47 Å². The van der Waals surface area contributed by atoms with Crippen LogP contribution >= 0.6 is 11.6 Å². The minimum absolute atomic E-state index is 0.356. The summed E-state index contributed by atoms with van der Waals surface area (Å²) in [6.45, 7) is 3.13. The van der Waals surface area contributed by atoms with Gasteiger partial charge in [0.1, 0.15) is 18.2 Å². The molecule has 0 aliphatic heterocycles. The molecular formula is C23H24ClN3O2. The number of ether oxygens (including phenoxy) is 2. The van der Waals surface area contributed by atoms with Gasteiger partial charge in [-0.15, -0.1) is 0 Å². The second-order valence-electron chi connectivity index (χ2n) is 6.72. The number of halogens is 1. The van der Waals surface area contributed by atoms with Gasteiger partial charge in [-0.05, 0) is 30.2 Å². The molecule has 0 radical (unpaired) electrons. The molecule has 0 fully saturated rings. The molecule has 150 valence electrons. The van der Waals surface area contributed by atoms with E-state index in [4.69, 9.17) is 21.1 Å². The number of methoxy groups -OCH3 is 1. The van der Waals surface area contributed by atoms with E-state index in [1.165, 1.54) is 0 Å². The predicted octanol–water partition coefficient (Wildman–Crippen LogP) is 5.39. The number of aryl methyl sites for hydroxylation is 1. The van der Waals surface area contributed by atoms with Gasteiger partial charge in [-0.2, -0.15) is 5.26 Å². The molecule has 0 atom stereocenters. The third kappa shape index (κ3) is 5.10. The van der Waals surface area contributed by atoms with E-state index in [2.05, 4.69) is 18.0 Å². The van der Waals surface area contributed by atoms with Crippen LogP contribution in [0, 0.1) is 11.3 Å². The van der Waals surface area contributed by atoms with E-state index in [0.717, 1.165) is 42.0 Å². The van der Waals surface area contributed by atoms with Gasteiger partial charge in [0.25, 0.3) is 0 Å². The zero-order valence-electron chi connectivity index (χ0n) is 16.7. The molecule has 0 unspecified atom stereocenters. The van der Waals surface area contributed by atoms with Crippen molar-refractivity contribution in [2.45, 2.75) is 39.3 Å². The smallest absolute Gasteiger partial charge is 0.233 e. The Balaban J connectivity index is 1.70. The van der Waals surface area contributed by atoms with Crippen molar-refractivity contribution in [3.8, 4) is 17.7 Å². The maximum atomic E-state index is 9.18. The van der Waals surface area contributed by atoms with Crippen molar-refractivity contribution in [3.63, 3.8) is 0 Å². The first-order valence-electron chi connectivity index (χ1n) is 9.64. The lowest BCUT2D eigenvalue weighted by molar-refractivity contribution is 0.306. The van der Waals surface area contributed by atoms with Crippen LogP contribution in [0.2, 0.25) is 5.15 Å². The van der Waals surface area contributed by atoms with Gasteiger partial charge in [0.05, 0.1) is 25.3 Å². The van der Waals surface area contributed by atoms with Crippen molar-refractivity contribution >= 4 is 11.6 Å². The molecule has 0 saturated carbocycles. The third-order valence-electron chi connectivity index (χ3n) is 4.70. The molecule has 1 aromatic heterocycles. The maximum Gasteiger partial charge on any atom is 0.233 e. The highest BCUT2D eigenvalue weighted by molar-refractivity contribution is 6.30. The summed E-state index contributed by atoms with van der Waals surface area (Å²) >= 11 is 6.24. The van der Waals surface area contributed by atoms with Crippen LogP contribution in [0.15, 0.2) is 48.5 Å². The van der Waals surface area contributed by atoms with Crippen LogP contribution in [-0.4, -0.2) is 16.7 Å². The molecule has 0 aliphatic rings. The fraction of sp³-hybridized carbons (Fsp3) is 0.304. The maximum absolute atomic E-state index is 9.18. The Hall–Kier alpha value is -2.97. The Morgan fingerprint density at radius 1 is 1.14 bits per heavy atom. The van der Waals surface area contributed by atoms with Gasteiger partial charge in [0.2, 0.25) is 5.88 Å². The summed E-state index contributed by atoms with van der Waals surface area (Å²) in [7, 11) is 1.61. The molecule has 0 spiro atoms. The number of rotatable bonds is 9. The quantitative estimate of drug-likeness (QED) is 0.475. The van der Waals surface area contributed by atoms with Gasteiger partial charge < -0.3 is 9.47 Å². The highest BCUT2D eigenvalue weighted by atomic mass is 35.5. The Bertz CT molecular complexity index is 990. The average Bonchev–Trinajstić information content (AvgIpc) is 3.05. The van der Waals surface area contributed by atoms with Crippen LogP contribution in [0.1, 0.15) is 42.3 Å². The van der Waals surface area contributed by atoms with Crippen LogP contribution in [0.3, 0.4) is 0 Å². The molecular weight excluding hydrogens is 386 g/mol. The van der Waals surface area contributed by atoms with Crippen molar-refractivity contribution in [2.75, 3.05) is 7.11 Å². The van der Waals surface area contributed by atoms with E-state index in [1.807, 2.05) is 47.0 Å². The van der Waals surface area contributed by atoms with Crippen molar-refractivity contribution in [1.82, 2.24) is 9.55 Å². The molecule has 0 aliphatic carbocycles. The monoisotopic (exact) mass is 409 g/mol. The number of nitrogens with zero attached hydrogens (tertiary/aromatic N) is 3. The molecule has 0 saturated heterocycles. The largest absolute Gasteiger partial charge is 0.489 e. The van der Waals surface area contributed by atoms with E-state index >= 15 is 0 Å². The Kier molecular flexibility index (Phi) is 7.15. The molecule has 0 bridgehead atoms. The summed E-state index contributed by atoms with van der Waals surface area (Å²) in [5.74, 6) is 2.27. The second kappa shape index (κ2) is 9.99. The lowest BCUT2D eigenvalue weighted by Gasteiger charge is -2.12. The predicted molar refractivity (Wildman–Crippen MR) is 113 cm³/mol. The van der Waals surface area contributed by atoms with E-state index in [1.54, 1.807) is 13.2 Å². The summed E-state index contributed by atoms with van der Waals surface area (Å²) in [5, 5.41) is 9.58. The molecule has 29 heavy (non-hydrogen) atoms. The van der Waals surface area contributed by atoms with Crippen LogP contribution in [0.25, 0.3) is 0 Å². The molecule has 3 aromatic rings. The average molecular weight is 410 g/mol. The lowest BCUT2D eigenvalue weighted by atomic mass is 10.1. The van der Waals surface area contributed by atoms with E-state index in [-0.39, 0.29) is 0 Å². The number of unbranched alkanes of at least 4 members (excludes halogenated alkanes) is 1. The molecule has 5 nitrogen and oxygen atoms in total. The van der Waals surface area contributed by atoms with E-state index < -0.39 is 0 Å². The zero-order chi connectivity index (χ0) is 20.6. The molecule has 6 heteroatoms. The van der Waals surface area contributed by atoms with E-state index in [9.17, 15) is 5.26 Å². The minimum Gasteiger partial charge on any atom is -0.489 e. The van der Waals surface area contributed by atoms with Gasteiger partial charge in [-0.1, -0.05) is 55.3 Å². The summed E-state index contributed by atoms with van der Waals surface area (Å²) in [6, 6.07) is 17.5. The number of imidazole rings is 1. The second-order valence-corrected chi connectivity index (χ2v) is 7.08. The number of benzene rings is 2. The third-order valence-corrected chi connectivity index (χ3v) is 4.95. The molecule has 3 rings (SSSR count). The summed E-state index contributed by atoms with van der Waals surface area (Å²) in [5.41, 5.74) is 2.60. The number of hydrogen-bond acceptors (Lipinski definition) is 4.